The lowest BCUT2D eigenvalue weighted by Crippen LogP contribution is -2.36. The predicted octanol–water partition coefficient (Wildman–Crippen LogP) is 5.18. The standard InChI is InChI=1S/C22H19N3O/c1-22(2)11-15-19-18(12-22)26-17-10-6-3-7-13(17)20(19)25-16-9-5-4-8-14(16)23-21(25)24-15/h3-10,20H,11-12H2,1-2H3. The number of benzene rings is 2. The minimum Gasteiger partial charge on any atom is -0.461 e. The molecule has 0 bridgehead atoms. The summed E-state index contributed by atoms with van der Waals surface area (Å²) in [7, 11) is 0. The maximum Gasteiger partial charge on any atom is 0.231 e. The molecule has 1 unspecified atom stereocenters. The number of rotatable bonds is 0. The highest BCUT2D eigenvalue weighted by atomic mass is 16.5. The van der Waals surface area contributed by atoms with Crippen LogP contribution < -0.4 is 4.74 Å². The van der Waals surface area contributed by atoms with Gasteiger partial charge in [-0.1, -0.05) is 44.2 Å². The van der Waals surface area contributed by atoms with E-state index < -0.39 is 0 Å². The average Bonchev–Trinajstić information content (AvgIpc) is 2.98. The number of aliphatic imine (C=N–C) groups is 1. The first-order valence-corrected chi connectivity index (χ1v) is 9.15. The van der Waals surface area contributed by atoms with Gasteiger partial charge < -0.3 is 4.74 Å². The van der Waals surface area contributed by atoms with Gasteiger partial charge in [-0.25, -0.2) is 9.98 Å². The van der Waals surface area contributed by atoms with Crippen LogP contribution in [0.15, 0.2) is 64.9 Å². The highest BCUT2D eigenvalue weighted by Crippen LogP contribution is 2.52. The maximum atomic E-state index is 6.38. The summed E-state index contributed by atoms with van der Waals surface area (Å²) >= 11 is 0. The summed E-state index contributed by atoms with van der Waals surface area (Å²) in [5, 5.41) is 0. The normalized spacial score (nSPS) is 22.2. The second-order valence-corrected chi connectivity index (χ2v) is 8.23. The molecule has 0 spiro atoms. The molecule has 0 amide bonds. The highest BCUT2D eigenvalue weighted by Gasteiger charge is 2.44. The van der Waals surface area contributed by atoms with E-state index in [-0.39, 0.29) is 11.5 Å². The van der Waals surface area contributed by atoms with E-state index in [4.69, 9.17) is 14.7 Å². The van der Waals surface area contributed by atoms with Gasteiger partial charge >= 0.3 is 0 Å². The maximum absolute atomic E-state index is 6.38. The Hall–Kier alpha value is -2.88. The van der Waals surface area contributed by atoms with Crippen LogP contribution in [0, 0.1) is 5.41 Å². The fourth-order valence-corrected chi connectivity index (χ4v) is 4.64. The van der Waals surface area contributed by atoms with Crippen molar-refractivity contribution in [2.24, 2.45) is 10.4 Å². The fourth-order valence-electron chi connectivity index (χ4n) is 4.64. The van der Waals surface area contributed by atoms with Crippen molar-refractivity contribution in [3.05, 3.63) is 65.4 Å². The van der Waals surface area contributed by atoms with Gasteiger partial charge in [0.2, 0.25) is 5.95 Å². The van der Waals surface area contributed by atoms with Crippen LogP contribution >= 0.6 is 0 Å². The smallest absolute Gasteiger partial charge is 0.231 e. The summed E-state index contributed by atoms with van der Waals surface area (Å²) in [6.07, 6.45) is 1.89. The quantitative estimate of drug-likeness (QED) is 0.565. The van der Waals surface area contributed by atoms with Gasteiger partial charge in [0, 0.05) is 17.6 Å². The molecule has 0 fully saturated rings. The van der Waals surface area contributed by atoms with Crippen molar-refractivity contribution in [1.82, 2.24) is 9.55 Å². The van der Waals surface area contributed by atoms with Crippen LogP contribution in [0.25, 0.3) is 11.0 Å². The Morgan fingerprint density at radius 1 is 1.04 bits per heavy atom. The van der Waals surface area contributed by atoms with Crippen LogP contribution in [0.3, 0.4) is 0 Å². The fraction of sp³-hybridized carbons (Fsp3) is 0.273. The monoisotopic (exact) mass is 341 g/mol. The molecule has 26 heavy (non-hydrogen) atoms. The van der Waals surface area contributed by atoms with E-state index in [0.717, 1.165) is 47.0 Å². The third kappa shape index (κ3) is 1.79. The lowest BCUT2D eigenvalue weighted by Gasteiger charge is -2.42. The van der Waals surface area contributed by atoms with Crippen LogP contribution in [0.1, 0.15) is 38.3 Å². The molecule has 1 atom stereocenters. The molecule has 2 aromatic carbocycles. The van der Waals surface area contributed by atoms with Gasteiger partial charge in [0.15, 0.2) is 0 Å². The van der Waals surface area contributed by atoms with E-state index in [2.05, 4.69) is 54.8 Å². The minimum atomic E-state index is 0.0981. The lowest BCUT2D eigenvalue weighted by molar-refractivity contribution is 0.273. The Morgan fingerprint density at radius 2 is 1.85 bits per heavy atom. The van der Waals surface area contributed by atoms with E-state index in [9.17, 15) is 0 Å². The van der Waals surface area contributed by atoms with Crippen molar-refractivity contribution in [2.75, 3.05) is 0 Å². The number of imidazole rings is 1. The Balaban J connectivity index is 1.73. The van der Waals surface area contributed by atoms with E-state index in [0.29, 0.717) is 0 Å². The van der Waals surface area contributed by atoms with E-state index in [1.807, 2.05) is 12.1 Å². The van der Waals surface area contributed by atoms with Gasteiger partial charge in [-0.05, 0) is 30.0 Å². The SMILES string of the molecule is CC1(C)CC2=Nc3nc4ccccc4n3C3C2=C(C1)Oc1ccccc13. The summed E-state index contributed by atoms with van der Waals surface area (Å²) in [5.74, 6) is 2.84. The number of ether oxygens (including phenoxy) is 1. The van der Waals surface area contributed by atoms with Crippen LogP contribution in [0.5, 0.6) is 5.75 Å². The zero-order valence-electron chi connectivity index (χ0n) is 14.9. The third-order valence-electron chi connectivity index (χ3n) is 5.69. The molecule has 6 rings (SSSR count). The molecule has 3 aliphatic rings. The van der Waals surface area contributed by atoms with Crippen molar-refractivity contribution in [2.45, 2.75) is 32.7 Å². The highest BCUT2D eigenvalue weighted by molar-refractivity contribution is 6.06. The molecule has 1 aromatic heterocycles. The number of nitrogens with zero attached hydrogens (tertiary/aromatic N) is 3. The van der Waals surface area contributed by atoms with Crippen molar-refractivity contribution in [3.63, 3.8) is 0 Å². The summed E-state index contributed by atoms with van der Waals surface area (Å²) < 4.78 is 8.66. The average molecular weight is 341 g/mol. The van der Waals surface area contributed by atoms with Gasteiger partial charge in [0.05, 0.1) is 22.8 Å². The molecule has 3 aromatic rings. The molecule has 4 nitrogen and oxygen atoms in total. The zero-order chi connectivity index (χ0) is 17.5. The molecule has 0 radical (unpaired) electrons. The topological polar surface area (TPSA) is 39.4 Å². The number of para-hydroxylation sites is 3. The van der Waals surface area contributed by atoms with Gasteiger partial charge in [0.1, 0.15) is 11.5 Å². The number of allylic oxidation sites excluding steroid dienone is 2. The van der Waals surface area contributed by atoms with E-state index >= 15 is 0 Å². The summed E-state index contributed by atoms with van der Waals surface area (Å²) in [5.41, 5.74) is 5.85. The Labute approximate surface area is 151 Å². The van der Waals surface area contributed by atoms with Crippen LogP contribution in [0.4, 0.5) is 5.95 Å². The summed E-state index contributed by atoms with van der Waals surface area (Å²) in [4.78, 5) is 9.81. The summed E-state index contributed by atoms with van der Waals surface area (Å²) in [6, 6.07) is 16.8. The molecule has 0 saturated heterocycles. The Bertz CT molecular complexity index is 1150. The molecule has 3 heterocycles. The first kappa shape index (κ1) is 14.3. The van der Waals surface area contributed by atoms with Gasteiger partial charge in [-0.2, -0.15) is 0 Å². The molecule has 0 saturated carbocycles. The zero-order valence-corrected chi connectivity index (χ0v) is 14.9. The van der Waals surface area contributed by atoms with E-state index in [1.165, 1.54) is 11.1 Å². The second-order valence-electron chi connectivity index (χ2n) is 8.23. The van der Waals surface area contributed by atoms with Crippen LogP contribution in [-0.2, 0) is 0 Å². The first-order valence-electron chi connectivity index (χ1n) is 9.15. The molecule has 1 aliphatic carbocycles. The second kappa shape index (κ2) is 4.64. The van der Waals surface area contributed by atoms with Crippen molar-refractivity contribution in [1.29, 1.82) is 0 Å². The lowest BCUT2D eigenvalue weighted by atomic mass is 9.72. The molecule has 4 heteroatoms. The van der Waals surface area contributed by atoms with Crippen LogP contribution in [0.2, 0.25) is 0 Å². The molecular formula is C22H19N3O. The molecular weight excluding hydrogens is 322 g/mol. The first-order chi connectivity index (χ1) is 12.6. The number of fused-ring (bicyclic) bond motifs is 6. The summed E-state index contributed by atoms with van der Waals surface area (Å²) in [6.45, 7) is 4.57. The Morgan fingerprint density at radius 3 is 2.77 bits per heavy atom. The van der Waals surface area contributed by atoms with Crippen molar-refractivity contribution in [3.8, 4) is 5.75 Å². The third-order valence-corrected chi connectivity index (χ3v) is 5.69. The number of hydrogen-bond acceptors (Lipinski definition) is 3. The van der Waals surface area contributed by atoms with Crippen molar-refractivity contribution >= 4 is 22.7 Å². The van der Waals surface area contributed by atoms with Crippen LogP contribution in [-0.4, -0.2) is 15.3 Å². The molecule has 0 N–H and O–H groups in total. The number of hydrogen-bond donors (Lipinski definition) is 0. The van der Waals surface area contributed by atoms with Gasteiger partial charge in [-0.3, -0.25) is 4.57 Å². The molecule has 128 valence electrons. The Kier molecular flexibility index (Phi) is 2.55. The van der Waals surface area contributed by atoms with Gasteiger partial charge in [0.25, 0.3) is 0 Å². The largest absolute Gasteiger partial charge is 0.461 e. The number of aromatic nitrogens is 2. The predicted molar refractivity (Wildman–Crippen MR) is 102 cm³/mol. The molecule has 2 aliphatic heterocycles. The minimum absolute atomic E-state index is 0.0981. The van der Waals surface area contributed by atoms with Gasteiger partial charge in [-0.15, -0.1) is 0 Å². The van der Waals surface area contributed by atoms with E-state index in [1.54, 1.807) is 0 Å². The van der Waals surface area contributed by atoms with Crippen molar-refractivity contribution < 1.29 is 4.74 Å².